The van der Waals surface area contributed by atoms with E-state index in [0.717, 1.165) is 5.56 Å². The molecule has 1 aliphatic rings. The van der Waals surface area contributed by atoms with E-state index in [1.807, 2.05) is 20.9 Å². The van der Waals surface area contributed by atoms with Crippen LogP contribution in [0, 0.1) is 0 Å². The van der Waals surface area contributed by atoms with Crippen LogP contribution in [0.25, 0.3) is 0 Å². The Morgan fingerprint density at radius 3 is 2.59 bits per heavy atom. The lowest BCUT2D eigenvalue weighted by Crippen LogP contribution is -2.43. The van der Waals surface area contributed by atoms with Crippen LogP contribution >= 0.6 is 12.4 Å². The van der Waals surface area contributed by atoms with Crippen molar-refractivity contribution in [2.75, 3.05) is 13.6 Å². The van der Waals surface area contributed by atoms with Crippen molar-refractivity contribution >= 4 is 24.2 Å². The largest absolute Gasteiger partial charge is 0.349 e. The molecule has 1 aromatic heterocycles. The molecule has 2 rings (SSSR count). The summed E-state index contributed by atoms with van der Waals surface area (Å²) in [4.78, 5) is 26.0. The number of hydrogen-bond donors (Lipinski definition) is 2. The van der Waals surface area contributed by atoms with Gasteiger partial charge < -0.3 is 15.5 Å². The normalized spacial score (nSPS) is 19.2. The lowest BCUT2D eigenvalue weighted by molar-refractivity contribution is -0.129. The number of likely N-dealkylation sites (tertiary alicyclic amines) is 1. The molecule has 1 saturated heterocycles. The summed E-state index contributed by atoms with van der Waals surface area (Å²) in [5, 5.41) is 10.0. The number of nitrogens with zero attached hydrogens (tertiary/aromatic N) is 3. The molecule has 2 amide bonds. The first kappa shape index (κ1) is 18.4. The number of likely N-dealkylation sites (N-methyl/N-ethyl adjacent to an activating group) is 1. The van der Waals surface area contributed by atoms with Crippen LogP contribution < -0.4 is 10.6 Å². The van der Waals surface area contributed by atoms with Crippen LogP contribution in [0.5, 0.6) is 0 Å². The van der Waals surface area contributed by atoms with Crippen LogP contribution in [0.2, 0.25) is 0 Å². The van der Waals surface area contributed by atoms with E-state index in [9.17, 15) is 9.59 Å². The summed E-state index contributed by atoms with van der Waals surface area (Å²) >= 11 is 0. The summed E-state index contributed by atoms with van der Waals surface area (Å²) < 4.78 is 1.66. The van der Waals surface area contributed by atoms with E-state index in [1.165, 1.54) is 0 Å². The predicted molar refractivity (Wildman–Crippen MR) is 85.7 cm³/mol. The Morgan fingerprint density at radius 2 is 2.14 bits per heavy atom. The van der Waals surface area contributed by atoms with Crippen LogP contribution in [0.4, 0.5) is 0 Å². The van der Waals surface area contributed by atoms with Crippen LogP contribution in [-0.4, -0.2) is 52.2 Å². The Hall–Kier alpha value is -1.60. The first-order chi connectivity index (χ1) is 9.92. The van der Waals surface area contributed by atoms with Crippen LogP contribution in [-0.2, 0) is 16.6 Å². The lowest BCUT2D eigenvalue weighted by atomic mass is 10.1. The maximum atomic E-state index is 12.4. The standard InChI is InChI=1S/C14H23N5O2.ClH/c1-9(2)19-8-11(5-12(19)20)17-14(21)13(15-3)10-6-16-18(4)7-10;/h6-7,9,11,13,15H,5,8H2,1-4H3,(H,17,21);1H. The van der Waals surface area contributed by atoms with Crippen molar-refractivity contribution < 1.29 is 9.59 Å². The Labute approximate surface area is 136 Å². The maximum absolute atomic E-state index is 12.4. The number of amides is 2. The quantitative estimate of drug-likeness (QED) is 0.810. The fraction of sp³-hybridized carbons (Fsp3) is 0.643. The summed E-state index contributed by atoms with van der Waals surface area (Å²) in [7, 11) is 3.54. The zero-order chi connectivity index (χ0) is 15.6. The van der Waals surface area contributed by atoms with Gasteiger partial charge in [-0.2, -0.15) is 5.10 Å². The van der Waals surface area contributed by atoms with E-state index in [-0.39, 0.29) is 36.3 Å². The minimum Gasteiger partial charge on any atom is -0.349 e. The monoisotopic (exact) mass is 329 g/mol. The number of hydrogen-bond acceptors (Lipinski definition) is 4. The fourth-order valence-electron chi connectivity index (χ4n) is 2.65. The van der Waals surface area contributed by atoms with E-state index in [1.54, 1.807) is 29.0 Å². The van der Waals surface area contributed by atoms with Crippen LogP contribution in [0.1, 0.15) is 31.9 Å². The van der Waals surface area contributed by atoms with Crippen molar-refractivity contribution in [2.45, 2.75) is 38.4 Å². The molecule has 0 aromatic carbocycles. The van der Waals surface area contributed by atoms with E-state index in [4.69, 9.17) is 0 Å². The lowest BCUT2D eigenvalue weighted by Gasteiger charge is -2.22. The second kappa shape index (κ2) is 7.60. The Bertz CT molecular complexity index is 531. The van der Waals surface area contributed by atoms with Gasteiger partial charge in [-0.3, -0.25) is 14.3 Å². The van der Waals surface area contributed by atoms with Gasteiger partial charge >= 0.3 is 0 Å². The van der Waals surface area contributed by atoms with Crippen molar-refractivity contribution in [3.63, 3.8) is 0 Å². The van der Waals surface area contributed by atoms with Gasteiger partial charge in [-0.15, -0.1) is 12.4 Å². The summed E-state index contributed by atoms with van der Waals surface area (Å²) in [5.41, 5.74) is 0.808. The third-order valence-electron chi connectivity index (χ3n) is 3.74. The molecule has 124 valence electrons. The highest BCUT2D eigenvalue weighted by atomic mass is 35.5. The average molecular weight is 330 g/mol. The topological polar surface area (TPSA) is 79.3 Å². The molecule has 0 saturated carbocycles. The third-order valence-corrected chi connectivity index (χ3v) is 3.74. The molecule has 2 unspecified atom stereocenters. The minimum absolute atomic E-state index is 0. The number of nitrogens with one attached hydrogen (secondary N) is 2. The molecular weight excluding hydrogens is 306 g/mol. The molecular formula is C14H24ClN5O2. The van der Waals surface area contributed by atoms with E-state index < -0.39 is 6.04 Å². The molecule has 0 aliphatic carbocycles. The molecule has 0 bridgehead atoms. The van der Waals surface area contributed by atoms with Crippen molar-refractivity contribution in [3.8, 4) is 0 Å². The van der Waals surface area contributed by atoms with Gasteiger partial charge in [-0.25, -0.2) is 0 Å². The summed E-state index contributed by atoms with van der Waals surface area (Å²) in [6, 6.07) is -0.417. The minimum atomic E-state index is -0.457. The van der Waals surface area contributed by atoms with E-state index in [2.05, 4.69) is 15.7 Å². The number of rotatable bonds is 5. The van der Waals surface area contributed by atoms with Gasteiger partial charge in [-0.1, -0.05) is 0 Å². The molecule has 2 heterocycles. The highest BCUT2D eigenvalue weighted by molar-refractivity contribution is 5.86. The summed E-state index contributed by atoms with van der Waals surface area (Å²) in [6.45, 7) is 4.54. The highest BCUT2D eigenvalue weighted by Crippen LogP contribution is 2.16. The van der Waals surface area contributed by atoms with Crippen molar-refractivity contribution in [3.05, 3.63) is 18.0 Å². The molecule has 8 heteroatoms. The smallest absolute Gasteiger partial charge is 0.242 e. The van der Waals surface area contributed by atoms with Crippen molar-refractivity contribution in [2.24, 2.45) is 7.05 Å². The van der Waals surface area contributed by atoms with Gasteiger partial charge in [0.15, 0.2) is 0 Å². The molecule has 2 N–H and O–H groups in total. The Balaban J connectivity index is 0.00000242. The SMILES string of the molecule is CNC(C(=O)NC1CC(=O)N(C(C)C)C1)c1cnn(C)c1.Cl. The van der Waals surface area contributed by atoms with Gasteiger partial charge in [0.25, 0.3) is 0 Å². The zero-order valence-corrected chi connectivity index (χ0v) is 14.2. The molecule has 0 radical (unpaired) electrons. The van der Waals surface area contributed by atoms with Gasteiger partial charge in [0.2, 0.25) is 11.8 Å². The Morgan fingerprint density at radius 1 is 1.45 bits per heavy atom. The predicted octanol–water partition coefficient (Wildman–Crippen LogP) is 0.228. The molecule has 2 atom stereocenters. The molecule has 7 nitrogen and oxygen atoms in total. The number of aryl methyl sites for hydroxylation is 1. The molecule has 22 heavy (non-hydrogen) atoms. The number of carbonyl (C=O) groups is 2. The zero-order valence-electron chi connectivity index (χ0n) is 13.4. The van der Waals surface area contributed by atoms with Gasteiger partial charge in [0.1, 0.15) is 6.04 Å². The van der Waals surface area contributed by atoms with E-state index in [0.29, 0.717) is 13.0 Å². The van der Waals surface area contributed by atoms with Gasteiger partial charge in [-0.05, 0) is 20.9 Å². The van der Waals surface area contributed by atoms with Gasteiger partial charge in [0, 0.05) is 37.8 Å². The summed E-state index contributed by atoms with van der Waals surface area (Å²) in [6.07, 6.45) is 3.84. The maximum Gasteiger partial charge on any atom is 0.242 e. The number of aromatic nitrogens is 2. The van der Waals surface area contributed by atoms with Crippen LogP contribution in [0.3, 0.4) is 0 Å². The average Bonchev–Trinajstić information content (AvgIpc) is 2.97. The Kier molecular flexibility index (Phi) is 6.37. The summed E-state index contributed by atoms with van der Waals surface area (Å²) in [5.74, 6) is -0.0356. The fourth-order valence-corrected chi connectivity index (χ4v) is 2.65. The van der Waals surface area contributed by atoms with Crippen molar-refractivity contribution in [1.29, 1.82) is 0 Å². The second-order valence-corrected chi connectivity index (χ2v) is 5.72. The van der Waals surface area contributed by atoms with Crippen LogP contribution in [0.15, 0.2) is 12.4 Å². The molecule has 1 aliphatic heterocycles. The highest BCUT2D eigenvalue weighted by Gasteiger charge is 2.33. The van der Waals surface area contributed by atoms with Crippen molar-refractivity contribution in [1.82, 2.24) is 25.3 Å². The third kappa shape index (κ3) is 3.98. The first-order valence-corrected chi connectivity index (χ1v) is 7.18. The number of carbonyl (C=O) groups excluding carboxylic acids is 2. The number of halogens is 1. The first-order valence-electron chi connectivity index (χ1n) is 7.18. The van der Waals surface area contributed by atoms with Gasteiger partial charge in [0.05, 0.1) is 12.2 Å². The van der Waals surface area contributed by atoms with E-state index >= 15 is 0 Å². The molecule has 1 aromatic rings. The second-order valence-electron chi connectivity index (χ2n) is 5.72. The molecule has 0 spiro atoms. The molecule has 1 fully saturated rings.